The zero-order valence-electron chi connectivity index (χ0n) is 14.3. The molecular weight excluding hydrogens is 452 g/mol. The maximum Gasteiger partial charge on any atom is 0.308 e. The maximum absolute atomic E-state index is 12.5. The number of amides is 1. The number of carbonyl (C=O) groups excluding carboxylic acids is 3. The molecule has 144 valence electrons. The Labute approximate surface area is 173 Å². The Morgan fingerprint density at radius 3 is 2.64 bits per heavy atom. The zero-order valence-corrected chi connectivity index (χ0v) is 16.6. The number of benzodiazepines with no additional fused rings is 1. The summed E-state index contributed by atoms with van der Waals surface area (Å²) < 4.78 is 5.86. The summed E-state index contributed by atoms with van der Waals surface area (Å²) in [6, 6.07) is 12.1. The van der Waals surface area contributed by atoms with Gasteiger partial charge < -0.3 is 20.0 Å². The van der Waals surface area contributed by atoms with Crippen LogP contribution in [-0.2, 0) is 19.1 Å². The second-order valence-electron chi connectivity index (χ2n) is 5.85. The molecule has 1 aliphatic heterocycles. The molecule has 0 radical (unpaired) electrons. The van der Waals surface area contributed by atoms with Gasteiger partial charge in [-0.15, -0.1) is 0 Å². The number of fused-ring (bicyclic) bond motifs is 1. The minimum absolute atomic E-state index is 0.359. The van der Waals surface area contributed by atoms with E-state index in [0.717, 1.165) is 4.47 Å². The third-order valence-electron chi connectivity index (χ3n) is 3.87. The number of ether oxygens (including phenoxy) is 1. The number of aliphatic carboxylic acids is 1. The molecule has 0 aliphatic carbocycles. The van der Waals surface area contributed by atoms with Crippen LogP contribution in [0.3, 0.4) is 0 Å². The van der Waals surface area contributed by atoms with Crippen molar-refractivity contribution in [3.05, 3.63) is 63.1 Å². The van der Waals surface area contributed by atoms with Gasteiger partial charge in [0.05, 0.1) is 17.8 Å². The fraction of sp³-hybridized carbons (Fsp3) is 0.158. The minimum Gasteiger partial charge on any atom is -0.550 e. The van der Waals surface area contributed by atoms with Crippen LogP contribution in [0.25, 0.3) is 0 Å². The average Bonchev–Trinajstić information content (AvgIpc) is 2.77. The lowest BCUT2D eigenvalue weighted by molar-refractivity contribution is -0.305. The van der Waals surface area contributed by atoms with Crippen molar-refractivity contribution in [3.63, 3.8) is 0 Å². The Hall–Kier alpha value is -2.71. The summed E-state index contributed by atoms with van der Waals surface area (Å²) in [7, 11) is 0. The van der Waals surface area contributed by atoms with E-state index in [1.54, 1.807) is 42.5 Å². The molecule has 2 aromatic rings. The van der Waals surface area contributed by atoms with Gasteiger partial charge in [0.2, 0.25) is 0 Å². The summed E-state index contributed by atoms with van der Waals surface area (Å²) >= 11 is 9.71. The molecule has 2 aromatic carbocycles. The molecule has 0 bridgehead atoms. The Balaban J connectivity index is 2.04. The molecule has 0 unspecified atom stereocenters. The number of esters is 1. The lowest BCUT2D eigenvalue weighted by Crippen LogP contribution is -2.31. The van der Waals surface area contributed by atoms with Crippen LogP contribution >= 0.6 is 27.5 Å². The van der Waals surface area contributed by atoms with Crippen molar-refractivity contribution in [2.45, 2.75) is 19.1 Å². The number of hydrogen-bond donors (Lipinski definition) is 1. The van der Waals surface area contributed by atoms with Gasteiger partial charge in [0.1, 0.15) is 0 Å². The third-order valence-corrected chi connectivity index (χ3v) is 4.69. The molecule has 0 spiro atoms. The smallest absolute Gasteiger partial charge is 0.308 e. The van der Waals surface area contributed by atoms with Crippen molar-refractivity contribution >= 4 is 56.8 Å². The Morgan fingerprint density at radius 1 is 1.18 bits per heavy atom. The maximum atomic E-state index is 12.5. The molecule has 1 atom stereocenters. The largest absolute Gasteiger partial charge is 0.550 e. The van der Waals surface area contributed by atoms with Crippen LogP contribution < -0.4 is 10.4 Å². The van der Waals surface area contributed by atoms with Gasteiger partial charge in [-0.05, 0) is 30.7 Å². The molecule has 0 saturated carbocycles. The number of halogens is 2. The number of hydrogen-bond acceptors (Lipinski definition) is 6. The number of rotatable bonds is 5. The quantitative estimate of drug-likeness (QED) is 0.683. The van der Waals surface area contributed by atoms with Crippen LogP contribution in [0.5, 0.6) is 0 Å². The number of nitrogens with one attached hydrogen (secondary N) is 1. The fourth-order valence-corrected chi connectivity index (χ4v) is 3.18. The molecule has 1 N–H and O–H groups in total. The predicted octanol–water partition coefficient (Wildman–Crippen LogP) is 2.29. The Kier molecular flexibility index (Phi) is 6.11. The second kappa shape index (κ2) is 8.53. The standard InChI is InChI=1S/C19H14BrClN2O5/c20-10-5-6-14-12(9-10)17(11-3-1-2-4-13(11)21)23-19(18(27)22-14)28-16(26)8-7-15(24)25/h1-6,9,19H,7-8H2,(H,22,27)(H,24,25)/p-1/t19-/m0/s1. The first-order chi connectivity index (χ1) is 13.3. The van der Waals surface area contributed by atoms with Crippen molar-refractivity contribution < 1.29 is 24.2 Å². The highest BCUT2D eigenvalue weighted by atomic mass is 79.9. The number of benzene rings is 2. The molecule has 0 fully saturated rings. The Morgan fingerprint density at radius 2 is 1.93 bits per heavy atom. The van der Waals surface area contributed by atoms with Gasteiger partial charge in [0.15, 0.2) is 0 Å². The molecule has 7 nitrogen and oxygen atoms in total. The van der Waals surface area contributed by atoms with Crippen molar-refractivity contribution in [3.8, 4) is 0 Å². The highest BCUT2D eigenvalue weighted by Gasteiger charge is 2.29. The molecule has 1 heterocycles. The van der Waals surface area contributed by atoms with Crippen LogP contribution in [0.1, 0.15) is 24.0 Å². The third kappa shape index (κ3) is 4.58. The minimum atomic E-state index is -1.49. The SMILES string of the molecule is O=C([O-])CCC(=O)O[C@@H]1N=C(c2ccccc2Cl)c2cc(Br)ccc2NC1=O. The second-order valence-corrected chi connectivity index (χ2v) is 7.17. The normalized spacial score (nSPS) is 15.7. The molecule has 28 heavy (non-hydrogen) atoms. The summed E-state index contributed by atoms with van der Waals surface area (Å²) in [5, 5.41) is 13.6. The van der Waals surface area contributed by atoms with Crippen LogP contribution in [0, 0.1) is 0 Å². The van der Waals surface area contributed by atoms with E-state index in [1.165, 1.54) is 0 Å². The monoisotopic (exact) mass is 463 g/mol. The summed E-state index contributed by atoms with van der Waals surface area (Å²) in [6.45, 7) is 0. The number of carbonyl (C=O) groups is 3. The summed E-state index contributed by atoms with van der Waals surface area (Å²) in [5.74, 6) is -2.93. The lowest BCUT2D eigenvalue weighted by Gasteiger charge is -2.13. The van der Waals surface area contributed by atoms with E-state index in [1.807, 2.05) is 0 Å². The highest BCUT2D eigenvalue weighted by Crippen LogP contribution is 2.30. The summed E-state index contributed by atoms with van der Waals surface area (Å²) in [6.07, 6.45) is -2.44. The highest BCUT2D eigenvalue weighted by molar-refractivity contribution is 9.10. The molecule has 0 saturated heterocycles. The number of nitrogens with zero attached hydrogens (tertiary/aromatic N) is 1. The molecule has 1 aliphatic rings. The van der Waals surface area contributed by atoms with Crippen molar-refractivity contribution in [2.24, 2.45) is 4.99 Å². The van der Waals surface area contributed by atoms with Gasteiger partial charge >= 0.3 is 5.97 Å². The summed E-state index contributed by atoms with van der Waals surface area (Å²) in [4.78, 5) is 39.3. The van der Waals surface area contributed by atoms with E-state index in [-0.39, 0.29) is 0 Å². The predicted molar refractivity (Wildman–Crippen MR) is 104 cm³/mol. The van der Waals surface area contributed by atoms with E-state index in [0.29, 0.717) is 27.5 Å². The number of carboxylic acid groups (broad SMARTS) is 1. The lowest BCUT2D eigenvalue weighted by atomic mass is 10.0. The van der Waals surface area contributed by atoms with Gasteiger partial charge in [-0.3, -0.25) is 9.59 Å². The Bertz CT molecular complexity index is 992. The zero-order chi connectivity index (χ0) is 20.3. The van der Waals surface area contributed by atoms with Crippen molar-refractivity contribution in [1.82, 2.24) is 0 Å². The van der Waals surface area contributed by atoms with Crippen LogP contribution in [-0.4, -0.2) is 29.8 Å². The molecule has 9 heteroatoms. The van der Waals surface area contributed by atoms with E-state index in [2.05, 4.69) is 26.2 Å². The number of anilines is 1. The van der Waals surface area contributed by atoms with Crippen LogP contribution in [0.15, 0.2) is 51.9 Å². The number of aliphatic imine (C=N–C) groups is 1. The molecular formula is C19H13BrClN2O5-. The van der Waals surface area contributed by atoms with E-state index in [4.69, 9.17) is 16.3 Å². The van der Waals surface area contributed by atoms with Gasteiger partial charge in [-0.1, -0.05) is 45.7 Å². The molecule has 3 rings (SSSR count). The number of carboxylic acids is 1. The van der Waals surface area contributed by atoms with Gasteiger partial charge in [0, 0.05) is 26.6 Å². The topological polar surface area (TPSA) is 108 Å². The first-order valence-corrected chi connectivity index (χ1v) is 9.35. The van der Waals surface area contributed by atoms with Gasteiger partial charge in [-0.2, -0.15) is 0 Å². The van der Waals surface area contributed by atoms with E-state index >= 15 is 0 Å². The fourth-order valence-electron chi connectivity index (χ4n) is 2.60. The van der Waals surface area contributed by atoms with Crippen LogP contribution in [0.2, 0.25) is 5.02 Å². The first-order valence-electron chi connectivity index (χ1n) is 8.18. The van der Waals surface area contributed by atoms with Gasteiger partial charge in [-0.25, -0.2) is 4.99 Å². The average molecular weight is 465 g/mol. The van der Waals surface area contributed by atoms with Crippen molar-refractivity contribution in [2.75, 3.05) is 5.32 Å². The van der Waals surface area contributed by atoms with E-state index < -0.39 is 36.9 Å². The first kappa shape index (κ1) is 20.0. The van der Waals surface area contributed by atoms with Gasteiger partial charge in [0.25, 0.3) is 12.1 Å². The summed E-state index contributed by atoms with van der Waals surface area (Å²) in [5.41, 5.74) is 1.97. The molecule has 0 aromatic heterocycles. The van der Waals surface area contributed by atoms with Crippen LogP contribution in [0.4, 0.5) is 5.69 Å². The van der Waals surface area contributed by atoms with Crippen molar-refractivity contribution in [1.29, 1.82) is 0 Å². The molecule has 1 amide bonds. The van der Waals surface area contributed by atoms with E-state index in [9.17, 15) is 19.5 Å².